The molecular formula is C13H12Cl2FN3. The normalized spacial score (nSPS) is 10.5. The van der Waals surface area contributed by atoms with Crippen molar-refractivity contribution < 1.29 is 4.39 Å². The minimum atomic E-state index is -0.459. The molecule has 0 aliphatic rings. The fraction of sp³-hybridized carbons (Fsp3) is 0.231. The largest absolute Gasteiger partial charge is 0.340 e. The lowest BCUT2D eigenvalue weighted by Crippen LogP contribution is -2.00. The topological polar surface area (TPSA) is 37.8 Å². The predicted octanol–water partition coefficient (Wildman–Crippen LogP) is 4.62. The van der Waals surface area contributed by atoms with Gasteiger partial charge in [-0.1, -0.05) is 30.1 Å². The van der Waals surface area contributed by atoms with E-state index in [-0.39, 0.29) is 5.02 Å². The van der Waals surface area contributed by atoms with Crippen LogP contribution in [0, 0.1) is 5.82 Å². The lowest BCUT2D eigenvalue weighted by atomic mass is 10.3. The van der Waals surface area contributed by atoms with E-state index in [4.69, 9.17) is 23.2 Å². The van der Waals surface area contributed by atoms with Crippen LogP contribution in [0.5, 0.6) is 0 Å². The molecule has 1 aromatic heterocycles. The Balaban J connectivity index is 2.24. The quantitative estimate of drug-likeness (QED) is 0.837. The van der Waals surface area contributed by atoms with E-state index in [2.05, 4.69) is 15.3 Å². The van der Waals surface area contributed by atoms with E-state index >= 15 is 0 Å². The zero-order chi connectivity index (χ0) is 13.8. The first kappa shape index (κ1) is 14.0. The fourth-order valence-electron chi connectivity index (χ4n) is 1.59. The molecule has 0 amide bonds. The SMILES string of the molecule is CCCc1nc(Cl)cc(Nc2ccc(F)c(Cl)c2)n1. The molecule has 19 heavy (non-hydrogen) atoms. The third-order valence-corrected chi connectivity index (χ3v) is 2.89. The van der Waals surface area contributed by atoms with Gasteiger partial charge in [-0.15, -0.1) is 0 Å². The van der Waals surface area contributed by atoms with Crippen LogP contribution < -0.4 is 5.32 Å². The summed E-state index contributed by atoms with van der Waals surface area (Å²) < 4.78 is 13.1. The summed E-state index contributed by atoms with van der Waals surface area (Å²) in [5.74, 6) is 0.774. The summed E-state index contributed by atoms with van der Waals surface area (Å²) in [6.07, 6.45) is 1.68. The van der Waals surface area contributed by atoms with Crippen LogP contribution in [-0.2, 0) is 6.42 Å². The highest BCUT2D eigenvalue weighted by Gasteiger charge is 2.05. The standard InChI is InChI=1S/C13H12Cl2FN3/c1-2-3-12-18-11(15)7-13(19-12)17-8-4-5-10(16)9(14)6-8/h4-7H,2-3H2,1H3,(H,17,18,19). The van der Waals surface area contributed by atoms with Gasteiger partial charge in [-0.25, -0.2) is 14.4 Å². The Bertz CT molecular complexity index is 590. The monoisotopic (exact) mass is 299 g/mol. The molecule has 100 valence electrons. The molecule has 0 saturated carbocycles. The lowest BCUT2D eigenvalue weighted by Gasteiger charge is -2.08. The summed E-state index contributed by atoms with van der Waals surface area (Å²) >= 11 is 11.6. The van der Waals surface area contributed by atoms with Crippen molar-refractivity contribution in [2.45, 2.75) is 19.8 Å². The summed E-state index contributed by atoms with van der Waals surface area (Å²) in [4.78, 5) is 8.45. The van der Waals surface area contributed by atoms with Crippen LogP contribution in [0.15, 0.2) is 24.3 Å². The predicted molar refractivity (Wildman–Crippen MR) is 75.7 cm³/mol. The first-order valence-corrected chi connectivity index (χ1v) is 6.59. The molecule has 0 unspecified atom stereocenters. The molecular weight excluding hydrogens is 288 g/mol. The highest BCUT2D eigenvalue weighted by atomic mass is 35.5. The average Bonchev–Trinajstić information content (AvgIpc) is 2.33. The Kier molecular flexibility index (Phi) is 4.56. The first-order chi connectivity index (χ1) is 9.08. The van der Waals surface area contributed by atoms with Crippen molar-refractivity contribution in [2.24, 2.45) is 0 Å². The van der Waals surface area contributed by atoms with E-state index in [1.54, 1.807) is 12.1 Å². The summed E-state index contributed by atoms with van der Waals surface area (Å²) in [6.45, 7) is 2.04. The molecule has 6 heteroatoms. The molecule has 0 radical (unpaired) electrons. The van der Waals surface area contributed by atoms with Crippen molar-refractivity contribution in [2.75, 3.05) is 5.32 Å². The number of hydrogen-bond donors (Lipinski definition) is 1. The zero-order valence-corrected chi connectivity index (χ0v) is 11.8. The van der Waals surface area contributed by atoms with Gasteiger partial charge in [0.15, 0.2) is 0 Å². The van der Waals surface area contributed by atoms with Gasteiger partial charge in [0.2, 0.25) is 0 Å². The Morgan fingerprint density at radius 2 is 2.00 bits per heavy atom. The van der Waals surface area contributed by atoms with Crippen LogP contribution in [0.4, 0.5) is 15.9 Å². The smallest absolute Gasteiger partial charge is 0.141 e. The number of nitrogens with one attached hydrogen (secondary N) is 1. The first-order valence-electron chi connectivity index (χ1n) is 5.84. The third-order valence-electron chi connectivity index (χ3n) is 2.41. The molecule has 1 aromatic carbocycles. The van der Waals surface area contributed by atoms with E-state index in [0.717, 1.165) is 12.8 Å². The Labute approximate surface area is 120 Å². The van der Waals surface area contributed by atoms with Gasteiger partial charge in [-0.05, 0) is 24.6 Å². The number of benzene rings is 1. The summed E-state index contributed by atoms with van der Waals surface area (Å²) in [6, 6.07) is 5.97. The molecule has 0 atom stereocenters. The highest BCUT2D eigenvalue weighted by Crippen LogP contribution is 2.23. The zero-order valence-electron chi connectivity index (χ0n) is 10.3. The Morgan fingerprint density at radius 1 is 1.21 bits per heavy atom. The molecule has 1 N–H and O–H groups in total. The highest BCUT2D eigenvalue weighted by molar-refractivity contribution is 6.31. The molecule has 2 aromatic rings. The van der Waals surface area contributed by atoms with Gasteiger partial charge >= 0.3 is 0 Å². The van der Waals surface area contributed by atoms with Crippen LogP contribution in [0.25, 0.3) is 0 Å². The van der Waals surface area contributed by atoms with Crippen molar-refractivity contribution >= 4 is 34.7 Å². The molecule has 0 aliphatic carbocycles. The van der Waals surface area contributed by atoms with Crippen molar-refractivity contribution in [1.29, 1.82) is 0 Å². The van der Waals surface area contributed by atoms with Gasteiger partial charge in [0.1, 0.15) is 22.6 Å². The number of halogens is 3. The fourth-order valence-corrected chi connectivity index (χ4v) is 1.97. The summed E-state index contributed by atoms with van der Waals surface area (Å²) in [7, 11) is 0. The van der Waals surface area contributed by atoms with Crippen LogP contribution in [0.3, 0.4) is 0 Å². The Morgan fingerprint density at radius 3 is 2.68 bits per heavy atom. The number of hydrogen-bond acceptors (Lipinski definition) is 3. The molecule has 2 rings (SSSR count). The molecule has 0 spiro atoms. The number of aromatic nitrogens is 2. The van der Waals surface area contributed by atoms with E-state index < -0.39 is 5.82 Å². The average molecular weight is 300 g/mol. The second kappa shape index (κ2) is 6.17. The van der Waals surface area contributed by atoms with Crippen molar-refractivity contribution in [3.63, 3.8) is 0 Å². The van der Waals surface area contributed by atoms with Gasteiger partial charge in [0.25, 0.3) is 0 Å². The molecule has 0 aliphatic heterocycles. The van der Waals surface area contributed by atoms with Crippen molar-refractivity contribution in [1.82, 2.24) is 9.97 Å². The van der Waals surface area contributed by atoms with Gasteiger partial charge in [0, 0.05) is 18.2 Å². The maximum atomic E-state index is 13.1. The molecule has 0 saturated heterocycles. The lowest BCUT2D eigenvalue weighted by molar-refractivity contribution is 0.628. The van der Waals surface area contributed by atoms with Crippen LogP contribution in [0.2, 0.25) is 10.2 Å². The maximum absolute atomic E-state index is 13.1. The molecule has 0 fully saturated rings. The molecule has 1 heterocycles. The summed E-state index contributed by atoms with van der Waals surface area (Å²) in [5.41, 5.74) is 0.642. The Hall–Kier alpha value is -1.39. The van der Waals surface area contributed by atoms with Crippen LogP contribution in [0.1, 0.15) is 19.2 Å². The van der Waals surface area contributed by atoms with E-state index in [1.807, 2.05) is 6.92 Å². The minimum absolute atomic E-state index is 0.0546. The second-order valence-corrected chi connectivity index (χ2v) is 4.79. The molecule has 3 nitrogen and oxygen atoms in total. The number of nitrogens with zero attached hydrogens (tertiary/aromatic N) is 2. The van der Waals surface area contributed by atoms with E-state index in [0.29, 0.717) is 22.5 Å². The van der Waals surface area contributed by atoms with E-state index in [1.165, 1.54) is 12.1 Å². The van der Waals surface area contributed by atoms with Gasteiger partial charge in [-0.2, -0.15) is 0 Å². The molecule has 0 bridgehead atoms. The van der Waals surface area contributed by atoms with Crippen molar-refractivity contribution in [3.05, 3.63) is 46.1 Å². The van der Waals surface area contributed by atoms with Crippen LogP contribution in [-0.4, -0.2) is 9.97 Å². The number of anilines is 2. The number of rotatable bonds is 4. The number of aryl methyl sites for hydroxylation is 1. The summed E-state index contributed by atoms with van der Waals surface area (Å²) in [5, 5.41) is 3.45. The maximum Gasteiger partial charge on any atom is 0.141 e. The second-order valence-electron chi connectivity index (χ2n) is 4.00. The van der Waals surface area contributed by atoms with E-state index in [9.17, 15) is 4.39 Å². The van der Waals surface area contributed by atoms with Crippen molar-refractivity contribution in [3.8, 4) is 0 Å². The minimum Gasteiger partial charge on any atom is -0.340 e. The van der Waals surface area contributed by atoms with Gasteiger partial charge in [0.05, 0.1) is 5.02 Å². The van der Waals surface area contributed by atoms with Crippen LogP contribution >= 0.6 is 23.2 Å². The third kappa shape index (κ3) is 3.78. The van der Waals surface area contributed by atoms with Gasteiger partial charge in [-0.3, -0.25) is 0 Å². The van der Waals surface area contributed by atoms with Gasteiger partial charge < -0.3 is 5.32 Å².